The highest BCUT2D eigenvalue weighted by atomic mass is 32.2. The molecule has 0 saturated heterocycles. The van der Waals surface area contributed by atoms with Gasteiger partial charge < -0.3 is 0 Å². The summed E-state index contributed by atoms with van der Waals surface area (Å²) in [6.45, 7) is 1.44. The molecule has 0 radical (unpaired) electrons. The number of rotatable bonds is 1. The van der Waals surface area contributed by atoms with Crippen molar-refractivity contribution in [2.24, 2.45) is 0 Å². The van der Waals surface area contributed by atoms with Crippen molar-refractivity contribution in [1.82, 2.24) is 5.32 Å². The Morgan fingerprint density at radius 2 is 1.91 bits per heavy atom. The highest BCUT2D eigenvalue weighted by Gasteiger charge is 2.19. The molecular weight excluding hydrogens is 174 g/mol. The number of carbonyl (C=O) groups excluding carboxylic acids is 2. The summed E-state index contributed by atoms with van der Waals surface area (Å²) in [4.78, 5) is 20.6. The van der Waals surface area contributed by atoms with Crippen molar-refractivity contribution < 1.29 is 22.6 Å². The van der Waals surface area contributed by atoms with Crippen LogP contribution >= 0.6 is 0 Å². The molecule has 6 nitrogen and oxygen atoms in total. The minimum atomic E-state index is -4.78. The summed E-state index contributed by atoms with van der Waals surface area (Å²) in [5, 5.41) is -0.237. The third-order valence-corrected chi connectivity index (χ3v) is 1.37. The van der Waals surface area contributed by atoms with Crippen LogP contribution in [0.3, 0.4) is 0 Å². The second kappa shape index (κ2) is 3.44. The molecule has 0 rings (SSSR count). The summed E-state index contributed by atoms with van der Waals surface area (Å²) in [6, 6.07) is 0. The summed E-state index contributed by atoms with van der Waals surface area (Å²) in [5.41, 5.74) is 0. The molecule has 0 aliphatic carbocycles. The van der Waals surface area contributed by atoms with E-state index >= 15 is 0 Å². The lowest BCUT2D eigenvalue weighted by atomic mass is 10.5. The molecule has 0 bridgehead atoms. The van der Waals surface area contributed by atoms with Gasteiger partial charge in [0.05, 0.1) is 0 Å². The number of hydrogen-bond acceptors (Lipinski definition) is 4. The van der Waals surface area contributed by atoms with E-state index in [4.69, 9.17) is 4.55 Å². The van der Waals surface area contributed by atoms with Gasteiger partial charge in [0.2, 0.25) is 5.91 Å². The molecule has 0 saturated carbocycles. The van der Waals surface area contributed by atoms with Crippen LogP contribution in [0.25, 0.3) is 0 Å². The zero-order chi connectivity index (χ0) is 9.07. The molecule has 7 heteroatoms. The maximum absolute atomic E-state index is 10.4. The van der Waals surface area contributed by atoms with Crippen LogP contribution in [0.5, 0.6) is 0 Å². The Morgan fingerprint density at radius 3 is 2.18 bits per heavy atom. The standard InChI is InChI=1S/C4H7NO5S/c1-2-3(6)5-4(7)11(8,9)10/h2H2,1H3,(H,5,6,7)(H,8,9,10). The number of nitrogens with one attached hydrogen (secondary N) is 1. The second-order valence-corrected chi connectivity index (χ2v) is 2.99. The highest BCUT2D eigenvalue weighted by molar-refractivity contribution is 8.01. The summed E-state index contributed by atoms with van der Waals surface area (Å²) in [5.74, 6) is -0.757. The fraction of sp³-hybridized carbons (Fsp3) is 0.500. The van der Waals surface area contributed by atoms with Crippen molar-refractivity contribution >= 4 is 21.3 Å². The van der Waals surface area contributed by atoms with Gasteiger partial charge in [0.25, 0.3) is 0 Å². The van der Waals surface area contributed by atoms with E-state index in [1.807, 2.05) is 0 Å². The van der Waals surface area contributed by atoms with E-state index in [9.17, 15) is 18.0 Å². The van der Waals surface area contributed by atoms with Crippen molar-refractivity contribution in [3.05, 3.63) is 0 Å². The van der Waals surface area contributed by atoms with Crippen molar-refractivity contribution in [2.75, 3.05) is 0 Å². The van der Waals surface area contributed by atoms with Gasteiger partial charge in [-0.2, -0.15) is 8.42 Å². The summed E-state index contributed by atoms with van der Waals surface area (Å²) in [6.07, 6.45) is -0.0265. The third-order valence-electron chi connectivity index (χ3n) is 0.797. The van der Waals surface area contributed by atoms with Crippen molar-refractivity contribution in [1.29, 1.82) is 0 Å². The first kappa shape index (κ1) is 10.0. The van der Waals surface area contributed by atoms with Crippen LogP contribution in [0, 0.1) is 0 Å². The smallest absolute Gasteiger partial charge is 0.281 e. The van der Waals surface area contributed by atoms with Crippen LogP contribution < -0.4 is 5.32 Å². The van der Waals surface area contributed by atoms with Crippen LogP contribution in [-0.4, -0.2) is 24.1 Å². The summed E-state index contributed by atoms with van der Waals surface area (Å²) < 4.78 is 28.0. The Balaban J connectivity index is 4.22. The Hall–Kier alpha value is -0.950. The van der Waals surface area contributed by atoms with Crippen LogP contribution in [0.1, 0.15) is 13.3 Å². The molecule has 0 unspecified atom stereocenters. The first-order chi connectivity index (χ1) is 4.88. The third kappa shape index (κ3) is 3.68. The zero-order valence-electron chi connectivity index (χ0n) is 5.70. The minimum Gasteiger partial charge on any atom is -0.281 e. The molecule has 0 aromatic rings. The molecule has 0 heterocycles. The quantitative estimate of drug-likeness (QED) is 0.532. The molecule has 0 aliphatic rings. The second-order valence-electron chi connectivity index (χ2n) is 1.66. The van der Waals surface area contributed by atoms with E-state index < -0.39 is 21.3 Å². The van der Waals surface area contributed by atoms with Gasteiger partial charge in [-0.3, -0.25) is 19.5 Å². The van der Waals surface area contributed by atoms with Gasteiger partial charge in [-0.1, -0.05) is 6.92 Å². The predicted molar refractivity (Wildman–Crippen MR) is 35.4 cm³/mol. The first-order valence-corrected chi connectivity index (χ1v) is 4.13. The molecular formula is C4H7NO5S. The summed E-state index contributed by atoms with van der Waals surface area (Å²) in [7, 11) is -4.78. The lowest BCUT2D eigenvalue weighted by Crippen LogP contribution is -2.33. The van der Waals surface area contributed by atoms with E-state index in [0.29, 0.717) is 0 Å². The average Bonchev–Trinajstić information content (AvgIpc) is 1.85. The van der Waals surface area contributed by atoms with Gasteiger partial charge in [0.1, 0.15) is 0 Å². The maximum atomic E-state index is 10.4. The molecule has 0 atom stereocenters. The molecule has 64 valence electrons. The van der Waals surface area contributed by atoms with E-state index in [0.717, 1.165) is 0 Å². The van der Waals surface area contributed by atoms with Crippen molar-refractivity contribution in [2.45, 2.75) is 13.3 Å². The molecule has 0 aromatic carbocycles. The lowest BCUT2D eigenvalue weighted by Gasteiger charge is -1.96. The van der Waals surface area contributed by atoms with Crippen LogP contribution in [0.2, 0.25) is 0 Å². The van der Waals surface area contributed by atoms with Crippen molar-refractivity contribution in [3.63, 3.8) is 0 Å². The normalized spacial score (nSPS) is 10.7. The van der Waals surface area contributed by atoms with Gasteiger partial charge in [0.15, 0.2) is 0 Å². The van der Waals surface area contributed by atoms with Gasteiger partial charge in [0, 0.05) is 6.42 Å². The summed E-state index contributed by atoms with van der Waals surface area (Å²) >= 11 is 0. The Bertz CT molecular complexity index is 266. The van der Waals surface area contributed by atoms with Crippen molar-refractivity contribution in [3.8, 4) is 0 Å². The van der Waals surface area contributed by atoms with E-state index in [2.05, 4.69) is 0 Å². The van der Waals surface area contributed by atoms with E-state index in [1.54, 1.807) is 0 Å². The monoisotopic (exact) mass is 181 g/mol. The van der Waals surface area contributed by atoms with Gasteiger partial charge in [-0.05, 0) is 0 Å². The molecule has 2 amide bonds. The molecule has 0 spiro atoms. The predicted octanol–water partition coefficient (Wildman–Crippen LogP) is -0.480. The van der Waals surface area contributed by atoms with Crippen LogP contribution in [-0.2, 0) is 14.9 Å². The number of imide groups is 1. The fourth-order valence-electron chi connectivity index (χ4n) is 0.267. The highest BCUT2D eigenvalue weighted by Crippen LogP contribution is 1.85. The Morgan fingerprint density at radius 1 is 1.45 bits per heavy atom. The van der Waals surface area contributed by atoms with Crippen LogP contribution in [0.4, 0.5) is 4.79 Å². The van der Waals surface area contributed by atoms with E-state index in [1.165, 1.54) is 12.2 Å². The maximum Gasteiger partial charge on any atom is 0.370 e. The number of hydrogen-bond donors (Lipinski definition) is 2. The van der Waals surface area contributed by atoms with Gasteiger partial charge >= 0.3 is 15.4 Å². The first-order valence-electron chi connectivity index (χ1n) is 2.69. The largest absolute Gasteiger partial charge is 0.370 e. The Labute approximate surface area is 63.3 Å². The Kier molecular flexibility index (Phi) is 3.15. The molecule has 11 heavy (non-hydrogen) atoms. The van der Waals surface area contributed by atoms with E-state index in [-0.39, 0.29) is 6.42 Å². The topological polar surface area (TPSA) is 101 Å². The number of carbonyl (C=O) groups is 2. The molecule has 0 fully saturated rings. The van der Waals surface area contributed by atoms with Crippen LogP contribution in [0.15, 0.2) is 0 Å². The van der Waals surface area contributed by atoms with Gasteiger partial charge in [-0.15, -0.1) is 0 Å². The average molecular weight is 181 g/mol. The molecule has 0 aliphatic heterocycles. The lowest BCUT2D eigenvalue weighted by molar-refractivity contribution is -0.119. The van der Waals surface area contributed by atoms with Gasteiger partial charge in [-0.25, -0.2) is 0 Å². The number of amides is 2. The molecule has 0 aromatic heterocycles. The SMILES string of the molecule is CCC(=O)NC(=O)S(=O)(=O)O. The fourth-order valence-corrected chi connectivity index (χ4v) is 0.510. The zero-order valence-corrected chi connectivity index (χ0v) is 6.51. The minimum absolute atomic E-state index is 0.0265. The molecule has 2 N–H and O–H groups in total.